The van der Waals surface area contributed by atoms with Crippen molar-refractivity contribution in [3.8, 4) is 0 Å². The Balaban J connectivity index is 2.27. The van der Waals surface area contributed by atoms with Gasteiger partial charge in [-0.3, -0.25) is 9.59 Å². The fraction of sp³-hybridized carbons (Fsp3) is 0.381. The van der Waals surface area contributed by atoms with Crippen LogP contribution in [0, 0.1) is 0 Å². The quantitative estimate of drug-likeness (QED) is 0.854. The zero-order chi connectivity index (χ0) is 19.3. The van der Waals surface area contributed by atoms with Crippen LogP contribution in [0.3, 0.4) is 0 Å². The van der Waals surface area contributed by atoms with Gasteiger partial charge in [0.05, 0.1) is 0 Å². The molecule has 0 saturated carbocycles. The molecule has 0 spiro atoms. The second kappa shape index (κ2) is 8.13. The lowest BCUT2D eigenvalue weighted by Gasteiger charge is -2.20. The summed E-state index contributed by atoms with van der Waals surface area (Å²) in [6.45, 7) is 9.81. The molecule has 138 valence electrons. The number of carbonyl (C=O) groups excluding carboxylic acids is 2. The third-order valence-electron chi connectivity index (χ3n) is 3.94. The lowest BCUT2D eigenvalue weighted by Crippen LogP contribution is -2.41. The van der Waals surface area contributed by atoms with Crippen LogP contribution in [0.4, 0.5) is 5.69 Å². The first-order valence-corrected chi connectivity index (χ1v) is 8.96. The van der Waals surface area contributed by atoms with Gasteiger partial charge in [-0.05, 0) is 56.9 Å². The number of aromatic nitrogens is 1. The van der Waals surface area contributed by atoms with E-state index in [2.05, 4.69) is 29.5 Å². The van der Waals surface area contributed by atoms with Gasteiger partial charge in [0.15, 0.2) is 0 Å². The molecule has 2 amide bonds. The van der Waals surface area contributed by atoms with E-state index in [9.17, 15) is 9.59 Å². The number of hydrogen-bond acceptors (Lipinski definition) is 3. The molecule has 0 aliphatic rings. The van der Waals surface area contributed by atoms with Crippen LogP contribution >= 0.6 is 0 Å². The van der Waals surface area contributed by atoms with Gasteiger partial charge in [-0.25, -0.2) is 4.98 Å². The third-order valence-corrected chi connectivity index (χ3v) is 3.94. The van der Waals surface area contributed by atoms with Crippen LogP contribution in [0.1, 0.15) is 66.7 Å². The molecule has 2 aromatic rings. The fourth-order valence-corrected chi connectivity index (χ4v) is 2.67. The van der Waals surface area contributed by atoms with E-state index in [4.69, 9.17) is 0 Å². The van der Waals surface area contributed by atoms with Crippen LogP contribution in [0.5, 0.6) is 0 Å². The molecule has 0 radical (unpaired) electrons. The molecule has 0 fully saturated rings. The fourth-order valence-electron chi connectivity index (χ4n) is 2.67. The summed E-state index contributed by atoms with van der Waals surface area (Å²) >= 11 is 0. The highest BCUT2D eigenvalue weighted by molar-refractivity contribution is 6.04. The average molecular weight is 353 g/mol. The van der Waals surface area contributed by atoms with Crippen molar-refractivity contribution >= 4 is 17.5 Å². The first-order chi connectivity index (χ1) is 12.2. The van der Waals surface area contributed by atoms with E-state index in [-0.39, 0.29) is 28.7 Å². The van der Waals surface area contributed by atoms with E-state index in [0.29, 0.717) is 0 Å². The summed E-state index contributed by atoms with van der Waals surface area (Å²) < 4.78 is 0. The molecule has 0 aliphatic carbocycles. The Bertz CT molecular complexity index is 785. The summed E-state index contributed by atoms with van der Waals surface area (Å²) in [5.41, 5.74) is 3.09. The Hall–Kier alpha value is -2.69. The van der Waals surface area contributed by atoms with Crippen molar-refractivity contribution in [1.82, 2.24) is 10.3 Å². The van der Waals surface area contributed by atoms with Crippen molar-refractivity contribution in [2.24, 2.45) is 0 Å². The van der Waals surface area contributed by atoms with Gasteiger partial charge < -0.3 is 10.6 Å². The smallest absolute Gasteiger partial charge is 0.274 e. The molecule has 2 N–H and O–H groups in total. The number of rotatable bonds is 5. The monoisotopic (exact) mass is 353 g/mol. The van der Waals surface area contributed by atoms with Crippen LogP contribution < -0.4 is 10.6 Å². The first-order valence-electron chi connectivity index (χ1n) is 8.96. The van der Waals surface area contributed by atoms with E-state index in [1.54, 1.807) is 18.2 Å². The predicted molar refractivity (Wildman–Crippen MR) is 105 cm³/mol. The first kappa shape index (κ1) is 19.6. The second-order valence-electron chi connectivity index (χ2n) is 7.22. The maximum absolute atomic E-state index is 12.7. The van der Waals surface area contributed by atoms with Crippen molar-refractivity contribution in [3.05, 3.63) is 58.9 Å². The molecule has 2 rings (SSSR count). The molecule has 1 heterocycles. The van der Waals surface area contributed by atoms with E-state index in [0.717, 1.165) is 29.7 Å². The lowest BCUT2D eigenvalue weighted by atomic mass is 10.0. The van der Waals surface area contributed by atoms with Gasteiger partial charge in [-0.1, -0.05) is 38.1 Å². The van der Waals surface area contributed by atoms with Gasteiger partial charge in [-0.2, -0.15) is 0 Å². The Kier molecular flexibility index (Phi) is 6.14. The Labute approximate surface area is 155 Å². The number of para-hydroxylation sites is 1. The van der Waals surface area contributed by atoms with Gasteiger partial charge >= 0.3 is 0 Å². The highest BCUT2D eigenvalue weighted by Gasteiger charge is 2.18. The zero-order valence-electron chi connectivity index (χ0n) is 16.1. The molecular formula is C21H27N3O2. The molecule has 0 bridgehead atoms. The molecule has 26 heavy (non-hydrogen) atoms. The molecule has 5 heteroatoms. The van der Waals surface area contributed by atoms with Crippen molar-refractivity contribution in [3.63, 3.8) is 0 Å². The van der Waals surface area contributed by atoms with Crippen molar-refractivity contribution in [2.45, 2.75) is 53.0 Å². The molecule has 0 aliphatic heterocycles. The summed E-state index contributed by atoms with van der Waals surface area (Å²) in [5.74, 6) is -0.610. The minimum absolute atomic E-state index is 0.222. The molecule has 0 atom stereocenters. The molecule has 0 unspecified atom stereocenters. The van der Waals surface area contributed by atoms with Crippen molar-refractivity contribution in [1.29, 1.82) is 0 Å². The lowest BCUT2D eigenvalue weighted by molar-refractivity contribution is 0.0914. The normalized spacial score (nSPS) is 11.1. The molecule has 0 saturated heterocycles. The minimum atomic E-state index is -0.368. The van der Waals surface area contributed by atoms with Crippen LogP contribution in [-0.2, 0) is 12.8 Å². The number of benzene rings is 1. The summed E-state index contributed by atoms with van der Waals surface area (Å²) in [6.07, 6.45) is 1.65. The number of anilines is 1. The van der Waals surface area contributed by atoms with E-state index < -0.39 is 0 Å². The topological polar surface area (TPSA) is 71.1 Å². The number of hydrogen-bond donors (Lipinski definition) is 2. The van der Waals surface area contributed by atoms with Gasteiger partial charge in [0.25, 0.3) is 11.8 Å². The van der Waals surface area contributed by atoms with Gasteiger partial charge in [0, 0.05) is 11.2 Å². The Morgan fingerprint density at radius 2 is 1.38 bits per heavy atom. The predicted octanol–water partition coefficient (Wildman–Crippen LogP) is 3.99. The maximum atomic E-state index is 12.7. The highest BCUT2D eigenvalue weighted by Crippen LogP contribution is 2.23. The van der Waals surface area contributed by atoms with E-state index >= 15 is 0 Å². The average Bonchev–Trinajstić information content (AvgIpc) is 2.60. The van der Waals surface area contributed by atoms with Gasteiger partial charge in [0.2, 0.25) is 0 Å². The van der Waals surface area contributed by atoms with Crippen molar-refractivity contribution in [2.75, 3.05) is 5.32 Å². The Morgan fingerprint density at radius 1 is 0.885 bits per heavy atom. The second-order valence-corrected chi connectivity index (χ2v) is 7.22. The third kappa shape index (κ3) is 4.91. The number of nitrogens with zero attached hydrogens (tertiary/aromatic N) is 1. The van der Waals surface area contributed by atoms with Crippen LogP contribution in [0.15, 0.2) is 36.4 Å². The number of nitrogens with one attached hydrogen (secondary N) is 2. The van der Waals surface area contributed by atoms with Gasteiger partial charge in [0.1, 0.15) is 11.4 Å². The van der Waals surface area contributed by atoms with Crippen LogP contribution in [0.25, 0.3) is 0 Å². The molecule has 1 aromatic heterocycles. The molecule has 5 nitrogen and oxygen atoms in total. The molecule has 1 aromatic carbocycles. The largest absolute Gasteiger partial charge is 0.346 e. The zero-order valence-corrected chi connectivity index (χ0v) is 16.1. The maximum Gasteiger partial charge on any atom is 0.274 e. The summed E-state index contributed by atoms with van der Waals surface area (Å²) in [5, 5.41) is 5.83. The number of amides is 2. The van der Waals surface area contributed by atoms with Crippen LogP contribution in [0.2, 0.25) is 0 Å². The Morgan fingerprint density at radius 3 is 1.88 bits per heavy atom. The van der Waals surface area contributed by atoms with E-state index in [1.165, 1.54) is 0 Å². The highest BCUT2D eigenvalue weighted by atomic mass is 16.2. The van der Waals surface area contributed by atoms with Crippen LogP contribution in [-0.4, -0.2) is 22.3 Å². The number of aryl methyl sites for hydroxylation is 2. The van der Waals surface area contributed by atoms with Gasteiger partial charge in [-0.15, -0.1) is 0 Å². The summed E-state index contributed by atoms with van der Waals surface area (Å²) in [4.78, 5) is 29.2. The number of carbonyl (C=O) groups is 2. The minimum Gasteiger partial charge on any atom is -0.346 e. The summed E-state index contributed by atoms with van der Waals surface area (Å²) in [7, 11) is 0. The standard InChI is InChI=1S/C21H27N3O2/c1-6-14-10-8-11-15(7-2)18(14)23-19(25)16-12-9-13-17(22-16)20(26)24-21(3,4)5/h8-13H,6-7H2,1-5H3,(H,23,25)(H,24,26). The SMILES string of the molecule is CCc1cccc(CC)c1NC(=O)c1cccc(C(=O)NC(C)(C)C)n1. The van der Waals surface area contributed by atoms with E-state index in [1.807, 2.05) is 39.0 Å². The summed E-state index contributed by atoms with van der Waals surface area (Å²) in [6, 6.07) is 10.9. The number of pyridine rings is 1. The molecular weight excluding hydrogens is 326 g/mol. The van der Waals surface area contributed by atoms with Crippen molar-refractivity contribution < 1.29 is 9.59 Å².